The summed E-state index contributed by atoms with van der Waals surface area (Å²) in [6, 6.07) is 14.6. The third kappa shape index (κ3) is 5.05. The van der Waals surface area contributed by atoms with E-state index in [0.717, 1.165) is 29.1 Å². The number of hydrazone groups is 1. The summed E-state index contributed by atoms with van der Waals surface area (Å²) in [6.45, 7) is 12.8. The van der Waals surface area contributed by atoms with E-state index >= 15 is 0 Å². The van der Waals surface area contributed by atoms with Crippen LogP contribution >= 0.6 is 0 Å². The molecule has 2 N–H and O–H groups in total. The van der Waals surface area contributed by atoms with Gasteiger partial charge in [-0.1, -0.05) is 31.2 Å². The maximum Gasteiger partial charge on any atom is 0.259 e. The Morgan fingerprint density at radius 2 is 1.77 bits per heavy atom. The first-order valence-corrected chi connectivity index (χ1v) is 10.7. The Morgan fingerprint density at radius 3 is 2.48 bits per heavy atom. The number of hydrogen-bond acceptors (Lipinski definition) is 3. The number of amides is 1. The first kappa shape index (κ1) is 22.3. The molecule has 0 bridgehead atoms. The van der Waals surface area contributed by atoms with Gasteiger partial charge in [-0.3, -0.25) is 4.79 Å². The molecule has 3 aromatic rings. The molecular formula is C26H32N4O. The van der Waals surface area contributed by atoms with Crippen LogP contribution < -0.4 is 10.7 Å². The predicted molar refractivity (Wildman–Crippen MR) is 130 cm³/mol. The molecule has 0 spiro atoms. The van der Waals surface area contributed by atoms with E-state index in [-0.39, 0.29) is 12.5 Å². The van der Waals surface area contributed by atoms with Gasteiger partial charge < -0.3 is 9.88 Å². The van der Waals surface area contributed by atoms with Gasteiger partial charge in [-0.05, 0) is 81.5 Å². The molecule has 2 aromatic carbocycles. The maximum absolute atomic E-state index is 12.2. The van der Waals surface area contributed by atoms with Crippen molar-refractivity contribution in [2.24, 2.45) is 5.10 Å². The van der Waals surface area contributed by atoms with Gasteiger partial charge in [-0.2, -0.15) is 5.10 Å². The van der Waals surface area contributed by atoms with Crippen molar-refractivity contribution >= 4 is 17.8 Å². The summed E-state index contributed by atoms with van der Waals surface area (Å²) in [5, 5.41) is 7.32. The van der Waals surface area contributed by atoms with Crippen LogP contribution in [0.2, 0.25) is 0 Å². The fourth-order valence-electron chi connectivity index (χ4n) is 3.83. The number of anilines is 1. The SMILES string of the molecule is CCc1cccc(C)c1-n1c(C)cc(/C=N\NC(=O)CNc2ccc(C)c(C)c2)c1C. The van der Waals surface area contributed by atoms with Crippen molar-refractivity contribution in [3.05, 3.63) is 81.7 Å². The van der Waals surface area contributed by atoms with Crippen LogP contribution in [0.4, 0.5) is 5.69 Å². The monoisotopic (exact) mass is 416 g/mol. The van der Waals surface area contributed by atoms with Crippen LogP contribution in [0.5, 0.6) is 0 Å². The second-order valence-electron chi connectivity index (χ2n) is 8.04. The molecule has 0 unspecified atom stereocenters. The minimum Gasteiger partial charge on any atom is -0.376 e. The smallest absolute Gasteiger partial charge is 0.259 e. The van der Waals surface area contributed by atoms with Gasteiger partial charge in [-0.25, -0.2) is 5.43 Å². The Bertz CT molecular complexity index is 1120. The summed E-state index contributed by atoms with van der Waals surface area (Å²) >= 11 is 0. The van der Waals surface area contributed by atoms with Gasteiger partial charge >= 0.3 is 0 Å². The van der Waals surface area contributed by atoms with E-state index in [1.54, 1.807) is 6.21 Å². The van der Waals surface area contributed by atoms with Crippen LogP contribution in [0.25, 0.3) is 5.69 Å². The Balaban J connectivity index is 1.69. The van der Waals surface area contributed by atoms with Crippen LogP contribution in [-0.2, 0) is 11.2 Å². The molecule has 5 nitrogen and oxygen atoms in total. The van der Waals surface area contributed by atoms with Crippen molar-refractivity contribution in [2.75, 3.05) is 11.9 Å². The highest BCUT2D eigenvalue weighted by atomic mass is 16.2. The Kier molecular flexibility index (Phi) is 6.95. The molecule has 0 saturated heterocycles. The summed E-state index contributed by atoms with van der Waals surface area (Å²) in [5.41, 5.74) is 13.0. The average Bonchev–Trinajstić information content (AvgIpc) is 3.02. The zero-order chi connectivity index (χ0) is 22.5. The summed E-state index contributed by atoms with van der Waals surface area (Å²) in [5.74, 6) is -0.185. The number of aryl methyl sites for hydroxylation is 5. The van der Waals surface area contributed by atoms with Crippen molar-refractivity contribution in [1.29, 1.82) is 0 Å². The molecule has 1 aromatic heterocycles. The van der Waals surface area contributed by atoms with E-state index in [1.807, 2.05) is 18.2 Å². The zero-order valence-electron chi connectivity index (χ0n) is 19.3. The van der Waals surface area contributed by atoms with Crippen molar-refractivity contribution in [3.63, 3.8) is 0 Å². The van der Waals surface area contributed by atoms with Crippen LogP contribution in [0.1, 0.15) is 46.1 Å². The second kappa shape index (κ2) is 9.65. The van der Waals surface area contributed by atoms with E-state index in [1.165, 1.54) is 27.9 Å². The fourth-order valence-corrected chi connectivity index (χ4v) is 3.83. The zero-order valence-corrected chi connectivity index (χ0v) is 19.3. The maximum atomic E-state index is 12.2. The quantitative estimate of drug-likeness (QED) is 0.414. The average molecular weight is 417 g/mol. The minimum absolute atomic E-state index is 0.169. The summed E-state index contributed by atoms with van der Waals surface area (Å²) < 4.78 is 2.28. The van der Waals surface area contributed by atoms with Crippen LogP contribution in [0.3, 0.4) is 0 Å². The standard InChI is InChI=1S/C26H32N4O/c1-7-22-10-8-9-18(3)26(22)30-20(5)14-23(21(30)6)15-28-29-25(31)16-27-24-12-11-17(2)19(4)13-24/h8-15,27H,7,16H2,1-6H3,(H,29,31)/b28-15-. The molecule has 162 valence electrons. The van der Waals surface area contributed by atoms with E-state index in [4.69, 9.17) is 0 Å². The van der Waals surface area contributed by atoms with Crippen molar-refractivity contribution in [2.45, 2.75) is 48.0 Å². The van der Waals surface area contributed by atoms with E-state index in [2.05, 4.69) is 86.2 Å². The van der Waals surface area contributed by atoms with Gasteiger partial charge in [0.15, 0.2) is 0 Å². The van der Waals surface area contributed by atoms with Gasteiger partial charge in [0.1, 0.15) is 0 Å². The number of para-hydroxylation sites is 1. The predicted octanol–water partition coefficient (Wildman–Crippen LogP) is 5.14. The van der Waals surface area contributed by atoms with Gasteiger partial charge in [0.2, 0.25) is 0 Å². The third-order valence-electron chi connectivity index (χ3n) is 5.75. The molecule has 31 heavy (non-hydrogen) atoms. The van der Waals surface area contributed by atoms with Crippen molar-refractivity contribution in [1.82, 2.24) is 9.99 Å². The molecule has 0 saturated carbocycles. The number of nitrogens with zero attached hydrogens (tertiary/aromatic N) is 2. The van der Waals surface area contributed by atoms with E-state index in [9.17, 15) is 4.79 Å². The lowest BCUT2D eigenvalue weighted by Crippen LogP contribution is -2.25. The lowest BCUT2D eigenvalue weighted by Gasteiger charge is -2.17. The van der Waals surface area contributed by atoms with Gasteiger partial charge in [0.25, 0.3) is 5.91 Å². The van der Waals surface area contributed by atoms with Gasteiger partial charge in [0.05, 0.1) is 18.4 Å². The van der Waals surface area contributed by atoms with Crippen molar-refractivity contribution < 1.29 is 4.79 Å². The van der Waals surface area contributed by atoms with Crippen LogP contribution in [0, 0.1) is 34.6 Å². The first-order valence-electron chi connectivity index (χ1n) is 10.7. The largest absolute Gasteiger partial charge is 0.376 e. The topological polar surface area (TPSA) is 58.4 Å². The normalized spacial score (nSPS) is 11.2. The number of benzene rings is 2. The number of rotatable bonds is 7. The van der Waals surface area contributed by atoms with Crippen LogP contribution in [-0.4, -0.2) is 23.2 Å². The first-order chi connectivity index (χ1) is 14.8. The highest BCUT2D eigenvalue weighted by molar-refractivity contribution is 5.85. The Labute approximate surface area is 185 Å². The van der Waals surface area contributed by atoms with E-state index in [0.29, 0.717) is 0 Å². The molecule has 0 radical (unpaired) electrons. The van der Waals surface area contributed by atoms with Crippen molar-refractivity contribution in [3.8, 4) is 5.69 Å². The third-order valence-corrected chi connectivity index (χ3v) is 5.75. The molecule has 0 atom stereocenters. The molecule has 3 rings (SSSR count). The van der Waals surface area contributed by atoms with Gasteiger partial charge in [-0.15, -0.1) is 0 Å². The molecule has 0 aliphatic heterocycles. The number of carbonyl (C=O) groups excluding carboxylic acids is 1. The second-order valence-corrected chi connectivity index (χ2v) is 8.04. The molecule has 1 amide bonds. The highest BCUT2D eigenvalue weighted by Crippen LogP contribution is 2.26. The van der Waals surface area contributed by atoms with E-state index < -0.39 is 0 Å². The lowest BCUT2D eigenvalue weighted by atomic mass is 10.1. The fraction of sp³-hybridized carbons (Fsp3) is 0.308. The number of aromatic nitrogens is 1. The molecular weight excluding hydrogens is 384 g/mol. The highest BCUT2D eigenvalue weighted by Gasteiger charge is 2.14. The van der Waals surface area contributed by atoms with Crippen LogP contribution in [0.15, 0.2) is 47.6 Å². The molecule has 0 aliphatic carbocycles. The molecule has 0 fully saturated rings. The number of nitrogens with one attached hydrogen (secondary N) is 2. The Morgan fingerprint density at radius 1 is 1.00 bits per heavy atom. The summed E-state index contributed by atoms with van der Waals surface area (Å²) in [6.07, 6.45) is 2.69. The molecule has 0 aliphatic rings. The number of carbonyl (C=O) groups is 1. The van der Waals surface area contributed by atoms with Gasteiger partial charge in [0, 0.05) is 22.6 Å². The minimum atomic E-state index is -0.185. The number of hydrogen-bond donors (Lipinski definition) is 2. The lowest BCUT2D eigenvalue weighted by molar-refractivity contribution is -0.119. The summed E-state index contributed by atoms with van der Waals surface area (Å²) in [7, 11) is 0. The molecule has 5 heteroatoms. The molecule has 1 heterocycles. The summed E-state index contributed by atoms with van der Waals surface area (Å²) in [4.78, 5) is 12.2. The Hall–Kier alpha value is -3.34.